The number of pyridine rings is 1. The predicted octanol–water partition coefficient (Wildman–Crippen LogP) is 3.87. The van der Waals surface area contributed by atoms with Gasteiger partial charge in [-0.3, -0.25) is 9.36 Å². The first kappa shape index (κ1) is 16.4. The molecular weight excluding hydrogens is 292 g/mol. The van der Waals surface area contributed by atoms with Crippen LogP contribution in [0.25, 0.3) is 0 Å². The molecule has 0 aliphatic carbocycles. The third kappa shape index (κ3) is 3.29. The molecule has 6 heteroatoms. The molecule has 0 saturated heterocycles. The summed E-state index contributed by atoms with van der Waals surface area (Å²) in [6.45, 7) is 5.71. The lowest BCUT2D eigenvalue weighted by Gasteiger charge is -2.11. The fraction of sp³-hybridized carbons (Fsp3) is 0.294. The van der Waals surface area contributed by atoms with Gasteiger partial charge in [0.15, 0.2) is 5.69 Å². The van der Waals surface area contributed by atoms with Gasteiger partial charge in [0.05, 0.1) is 5.69 Å². The fourth-order valence-corrected chi connectivity index (χ4v) is 2.29. The van der Waals surface area contributed by atoms with Crippen molar-refractivity contribution in [3.8, 4) is 11.9 Å². The van der Waals surface area contributed by atoms with Gasteiger partial charge in [-0.2, -0.15) is 10.4 Å². The Labute approximate surface area is 134 Å². The average molecular weight is 310 g/mol. The van der Waals surface area contributed by atoms with E-state index in [0.29, 0.717) is 24.2 Å². The summed E-state index contributed by atoms with van der Waals surface area (Å²) in [4.78, 5) is 12.5. The zero-order valence-electron chi connectivity index (χ0n) is 13.4. The first-order chi connectivity index (χ1) is 11.0. The molecule has 1 aromatic heterocycles. The lowest BCUT2D eigenvalue weighted by molar-refractivity contribution is 0.402. The van der Waals surface area contributed by atoms with E-state index < -0.39 is 5.56 Å². The molecule has 118 valence electrons. The van der Waals surface area contributed by atoms with Crippen LogP contribution in [0.4, 0.5) is 11.4 Å². The Balaban J connectivity index is 2.60. The van der Waals surface area contributed by atoms with Crippen LogP contribution in [0.5, 0.6) is 5.88 Å². The summed E-state index contributed by atoms with van der Waals surface area (Å²) in [5.74, 6) is -0.314. The van der Waals surface area contributed by atoms with Crippen molar-refractivity contribution in [1.82, 2.24) is 4.57 Å². The van der Waals surface area contributed by atoms with Gasteiger partial charge >= 0.3 is 0 Å². The number of rotatable bonds is 4. The SMILES string of the molecule is CCCn1c(O)c(C#N)c(C)c(N=Nc2cccc(C)c2)c1=O. The third-order valence-corrected chi connectivity index (χ3v) is 3.48. The first-order valence-electron chi connectivity index (χ1n) is 7.34. The summed E-state index contributed by atoms with van der Waals surface area (Å²) in [7, 11) is 0. The summed E-state index contributed by atoms with van der Waals surface area (Å²) in [6.07, 6.45) is 0.649. The molecule has 0 aliphatic heterocycles. The van der Waals surface area contributed by atoms with E-state index in [1.807, 2.05) is 38.1 Å². The quantitative estimate of drug-likeness (QED) is 0.869. The molecular formula is C17H18N4O2. The Bertz CT molecular complexity index is 860. The minimum atomic E-state index is -0.447. The molecule has 6 nitrogen and oxygen atoms in total. The van der Waals surface area contributed by atoms with Crippen molar-refractivity contribution in [2.45, 2.75) is 33.7 Å². The van der Waals surface area contributed by atoms with Crippen molar-refractivity contribution >= 4 is 11.4 Å². The van der Waals surface area contributed by atoms with Gasteiger partial charge < -0.3 is 5.11 Å². The Morgan fingerprint density at radius 1 is 1.30 bits per heavy atom. The van der Waals surface area contributed by atoms with E-state index in [1.165, 1.54) is 0 Å². The largest absolute Gasteiger partial charge is 0.493 e. The number of benzene rings is 1. The molecule has 2 aromatic rings. The van der Waals surface area contributed by atoms with Crippen molar-refractivity contribution in [2.75, 3.05) is 0 Å². The van der Waals surface area contributed by atoms with Crippen molar-refractivity contribution in [3.63, 3.8) is 0 Å². The molecule has 1 heterocycles. The summed E-state index contributed by atoms with van der Waals surface area (Å²) in [6, 6.07) is 9.34. The average Bonchev–Trinajstić information content (AvgIpc) is 2.52. The molecule has 1 N–H and O–H groups in total. The molecule has 1 aromatic carbocycles. The van der Waals surface area contributed by atoms with E-state index in [-0.39, 0.29) is 17.1 Å². The monoisotopic (exact) mass is 310 g/mol. The molecule has 0 aliphatic rings. The Morgan fingerprint density at radius 3 is 2.65 bits per heavy atom. The smallest absolute Gasteiger partial charge is 0.281 e. The normalized spacial score (nSPS) is 10.9. The molecule has 2 rings (SSSR count). The second-order valence-corrected chi connectivity index (χ2v) is 5.28. The maximum Gasteiger partial charge on any atom is 0.281 e. The zero-order chi connectivity index (χ0) is 17.0. The van der Waals surface area contributed by atoms with E-state index in [4.69, 9.17) is 0 Å². The van der Waals surface area contributed by atoms with Crippen LogP contribution in [-0.4, -0.2) is 9.67 Å². The number of hydrogen-bond acceptors (Lipinski definition) is 5. The minimum Gasteiger partial charge on any atom is -0.493 e. The van der Waals surface area contributed by atoms with Crippen LogP contribution in [0, 0.1) is 25.2 Å². The molecule has 0 spiro atoms. The Morgan fingerprint density at radius 2 is 2.04 bits per heavy atom. The van der Waals surface area contributed by atoms with Crippen LogP contribution >= 0.6 is 0 Å². The highest BCUT2D eigenvalue weighted by molar-refractivity contribution is 5.56. The van der Waals surface area contributed by atoms with Crippen LogP contribution in [0.15, 0.2) is 39.3 Å². The summed E-state index contributed by atoms with van der Waals surface area (Å²) in [5, 5.41) is 27.5. The fourth-order valence-electron chi connectivity index (χ4n) is 2.29. The van der Waals surface area contributed by atoms with Crippen LogP contribution < -0.4 is 5.56 Å². The molecule has 0 saturated carbocycles. The van der Waals surface area contributed by atoms with E-state index in [9.17, 15) is 15.2 Å². The number of nitrogens with zero attached hydrogens (tertiary/aromatic N) is 4. The highest BCUT2D eigenvalue weighted by Crippen LogP contribution is 2.27. The number of aryl methyl sites for hydroxylation is 1. The summed E-state index contributed by atoms with van der Waals surface area (Å²) >= 11 is 0. The highest BCUT2D eigenvalue weighted by Gasteiger charge is 2.18. The van der Waals surface area contributed by atoms with E-state index in [2.05, 4.69) is 10.2 Å². The molecule has 0 fully saturated rings. The second kappa shape index (κ2) is 6.88. The molecule has 0 bridgehead atoms. The number of aromatic nitrogens is 1. The number of azo groups is 1. The van der Waals surface area contributed by atoms with Gasteiger partial charge in [-0.1, -0.05) is 19.1 Å². The van der Waals surface area contributed by atoms with Gasteiger partial charge in [-0.05, 0) is 38.0 Å². The second-order valence-electron chi connectivity index (χ2n) is 5.28. The lowest BCUT2D eigenvalue weighted by atomic mass is 10.1. The van der Waals surface area contributed by atoms with Gasteiger partial charge in [-0.15, -0.1) is 5.11 Å². The standard InChI is InChI=1S/C17H18N4O2/c1-4-8-21-16(22)14(10-18)12(3)15(17(21)23)20-19-13-7-5-6-11(2)9-13/h5-7,9,22H,4,8H2,1-3H3. The minimum absolute atomic E-state index is 0.0521. The Kier molecular flexibility index (Phi) is 4.91. The van der Waals surface area contributed by atoms with Crippen molar-refractivity contribution in [2.24, 2.45) is 10.2 Å². The van der Waals surface area contributed by atoms with Gasteiger partial charge in [-0.25, -0.2) is 0 Å². The van der Waals surface area contributed by atoms with E-state index >= 15 is 0 Å². The van der Waals surface area contributed by atoms with Crippen LogP contribution in [-0.2, 0) is 6.54 Å². The zero-order valence-corrected chi connectivity index (χ0v) is 13.4. The van der Waals surface area contributed by atoms with E-state index in [1.54, 1.807) is 13.0 Å². The van der Waals surface area contributed by atoms with E-state index in [0.717, 1.165) is 10.1 Å². The predicted molar refractivity (Wildman–Crippen MR) is 87.5 cm³/mol. The van der Waals surface area contributed by atoms with Gasteiger partial charge in [0, 0.05) is 12.1 Å². The molecule has 0 atom stereocenters. The molecule has 0 amide bonds. The number of aromatic hydroxyl groups is 1. The van der Waals surface area contributed by atoms with Crippen LogP contribution in [0.3, 0.4) is 0 Å². The first-order valence-corrected chi connectivity index (χ1v) is 7.34. The van der Waals surface area contributed by atoms with Gasteiger partial charge in [0.25, 0.3) is 5.56 Å². The summed E-state index contributed by atoms with van der Waals surface area (Å²) < 4.78 is 1.16. The topological polar surface area (TPSA) is 90.7 Å². The molecule has 0 unspecified atom stereocenters. The number of hydrogen-bond donors (Lipinski definition) is 1. The lowest BCUT2D eigenvalue weighted by Crippen LogP contribution is -2.21. The van der Waals surface area contributed by atoms with Crippen LogP contribution in [0.2, 0.25) is 0 Å². The van der Waals surface area contributed by atoms with Gasteiger partial charge in [0.1, 0.15) is 11.6 Å². The highest BCUT2D eigenvalue weighted by atomic mass is 16.3. The Hall–Kier alpha value is -2.94. The van der Waals surface area contributed by atoms with Gasteiger partial charge in [0.2, 0.25) is 5.88 Å². The third-order valence-electron chi connectivity index (χ3n) is 3.48. The van der Waals surface area contributed by atoms with Crippen LogP contribution in [0.1, 0.15) is 30.0 Å². The van der Waals surface area contributed by atoms with Crippen molar-refractivity contribution in [3.05, 3.63) is 51.3 Å². The van der Waals surface area contributed by atoms with Crippen molar-refractivity contribution in [1.29, 1.82) is 5.26 Å². The van der Waals surface area contributed by atoms with Crippen molar-refractivity contribution < 1.29 is 5.11 Å². The summed E-state index contributed by atoms with van der Waals surface area (Å²) in [5.41, 5.74) is 1.67. The molecule has 23 heavy (non-hydrogen) atoms. The maximum atomic E-state index is 12.5. The maximum absolute atomic E-state index is 12.5. The molecule has 0 radical (unpaired) electrons. The number of nitriles is 1.